The SMILES string of the molecule is O=C(O)CCOCCOCCOCCOC(=O)[C@H](CO)CC(=O)CNC(=O)COc1cc(C(=O)N2C[C@@H](C(=O)N[C@H]3C[C@@H]3c3ccccc3)[C@H](C(=O)N[C@H]3C[C@@H]3c3ccccc3)C2)ccc1C(=O)N1C[C@@H](C(=O)N[C@H]2C[C@@H]2c2ccccc2)[C@H](C(=O)N[C@H]2C[C@@H]2c2ccccc2)C1. The van der Waals surface area contributed by atoms with E-state index in [1.165, 1.54) is 28.0 Å². The van der Waals surface area contributed by atoms with E-state index in [-0.39, 0.29) is 167 Å². The molecule has 2 saturated heterocycles. The molecule has 5 aromatic rings. The normalized spacial score (nSPS) is 24.4. The van der Waals surface area contributed by atoms with E-state index in [1.807, 2.05) is 121 Å². The summed E-state index contributed by atoms with van der Waals surface area (Å²) in [4.78, 5) is 141. The second-order valence-electron chi connectivity index (χ2n) is 25.9. The zero-order valence-electron chi connectivity index (χ0n) is 53.8. The quantitative estimate of drug-likeness (QED) is 0.0224. The van der Waals surface area contributed by atoms with Gasteiger partial charge in [0, 0.05) is 86.0 Å². The van der Waals surface area contributed by atoms with Gasteiger partial charge in [0.25, 0.3) is 17.7 Å². The number of benzene rings is 5. The predicted octanol–water partition coefficient (Wildman–Crippen LogP) is 3.88. The van der Waals surface area contributed by atoms with Crippen LogP contribution in [0.3, 0.4) is 0 Å². The monoisotopic (exact) mass is 1330 g/mol. The van der Waals surface area contributed by atoms with Crippen molar-refractivity contribution in [1.82, 2.24) is 36.4 Å². The molecule has 6 aliphatic rings. The van der Waals surface area contributed by atoms with E-state index in [0.29, 0.717) is 25.7 Å². The topological polar surface area (TPSA) is 324 Å². The van der Waals surface area contributed by atoms with Gasteiger partial charge in [-0.1, -0.05) is 121 Å². The first-order valence-corrected chi connectivity index (χ1v) is 33.4. The number of likely N-dealkylation sites (tertiary alicyclic amines) is 2. The van der Waals surface area contributed by atoms with Gasteiger partial charge in [0.1, 0.15) is 12.4 Å². The summed E-state index contributed by atoms with van der Waals surface area (Å²) in [5, 5.41) is 33.8. The molecule has 0 unspecified atom stereocenters. The van der Waals surface area contributed by atoms with Crippen molar-refractivity contribution < 1.29 is 81.8 Å². The average Bonchev–Trinajstić information content (AvgIpc) is 1.66. The highest BCUT2D eigenvalue weighted by Crippen LogP contribution is 2.45. The number of carbonyl (C=O) groups excluding carboxylic acids is 9. The molecule has 24 heteroatoms. The number of ketones is 1. The van der Waals surface area contributed by atoms with Crippen LogP contribution in [0.1, 0.15) is 105 Å². The lowest BCUT2D eigenvalue weighted by Gasteiger charge is -2.21. The van der Waals surface area contributed by atoms with Crippen LogP contribution in [0.2, 0.25) is 0 Å². The molecule has 0 radical (unpaired) electrons. The minimum absolute atomic E-state index is 0.0119. The van der Waals surface area contributed by atoms with Crippen molar-refractivity contribution in [1.29, 1.82) is 0 Å². The molecule has 0 aromatic heterocycles. The van der Waals surface area contributed by atoms with E-state index in [2.05, 4.69) is 26.6 Å². The third-order valence-electron chi connectivity index (χ3n) is 18.9. The molecule has 6 fully saturated rings. The number of carboxylic acid groups (broad SMARTS) is 1. The number of ether oxygens (including phenoxy) is 5. The van der Waals surface area contributed by atoms with Crippen LogP contribution in [0.15, 0.2) is 140 Å². The highest BCUT2D eigenvalue weighted by Gasteiger charge is 2.51. The number of nitrogens with zero attached hydrogens (tertiary/aromatic N) is 2. The van der Waals surface area contributed by atoms with Crippen LogP contribution in [-0.4, -0.2) is 195 Å². The van der Waals surface area contributed by atoms with Crippen LogP contribution in [0.5, 0.6) is 5.75 Å². The Morgan fingerprint density at radius 3 is 1.25 bits per heavy atom. The molecular weight excluding hydrogens is 1250 g/mol. The maximum absolute atomic E-state index is 15.1. The molecule has 5 aromatic carbocycles. The van der Waals surface area contributed by atoms with Crippen molar-refractivity contribution in [2.45, 2.75) is 86.4 Å². The minimum Gasteiger partial charge on any atom is -0.483 e. The number of esters is 1. The lowest BCUT2D eigenvalue weighted by molar-refractivity contribution is -0.153. The zero-order chi connectivity index (χ0) is 68.0. The average molecular weight is 1330 g/mol. The first kappa shape index (κ1) is 69.0. The molecule has 7 N–H and O–H groups in total. The first-order valence-electron chi connectivity index (χ1n) is 33.4. The summed E-state index contributed by atoms with van der Waals surface area (Å²) in [5.41, 5.74) is 4.17. The Kier molecular flexibility index (Phi) is 23.2. The molecule has 7 amide bonds. The highest BCUT2D eigenvalue weighted by molar-refractivity contribution is 6.02. The number of amides is 7. The molecule has 2 heterocycles. The van der Waals surface area contributed by atoms with Crippen LogP contribution in [0, 0.1) is 29.6 Å². The molecular formula is C73H83N7O17. The fourth-order valence-corrected chi connectivity index (χ4v) is 13.1. The fourth-order valence-electron chi connectivity index (χ4n) is 13.1. The van der Waals surface area contributed by atoms with Crippen molar-refractivity contribution in [2.24, 2.45) is 29.6 Å². The standard InChI is InChI=1S/C73H83N7O17/c81-42-49(73(92)96-30-29-95-28-27-94-26-25-93-24-23-66(84)85)31-50(82)37-74-65(83)43-97-64-32-48(71(90)79-38-56(67(86)75-60-33-52(60)44-13-5-1-6-14-44)57(39-79)68(87)76-61-34-53(61)45-15-7-2-8-16-45)21-22-51(64)72(91)80-40-58(69(88)77-62-35-54(62)46-17-9-3-10-18-46)59(41-80)70(89)78-63-36-55(63)47-19-11-4-12-20-47/h1-22,32,49,52-63,81H,23-31,33-43H2,(H,74,83)(H,75,86)(H,76,87)(H,77,88)(H,78,89)(H,84,85)/t49-,52+,53+,54+,55+,56+,57+,58+,59+,60-,61-,62-,63-/m0/s1. The van der Waals surface area contributed by atoms with E-state index in [1.54, 1.807) is 0 Å². The van der Waals surface area contributed by atoms with E-state index in [9.17, 15) is 48.3 Å². The number of hydrogen-bond acceptors (Lipinski definition) is 16. The molecule has 4 saturated carbocycles. The molecule has 4 aliphatic carbocycles. The molecule has 13 atom stereocenters. The predicted molar refractivity (Wildman–Crippen MR) is 350 cm³/mol. The summed E-state index contributed by atoms with van der Waals surface area (Å²) in [7, 11) is 0. The second-order valence-corrected chi connectivity index (χ2v) is 25.9. The van der Waals surface area contributed by atoms with E-state index in [0.717, 1.165) is 22.3 Å². The third kappa shape index (κ3) is 18.6. The van der Waals surface area contributed by atoms with Gasteiger partial charge in [-0.3, -0.25) is 47.9 Å². The van der Waals surface area contributed by atoms with Gasteiger partial charge >= 0.3 is 11.9 Å². The van der Waals surface area contributed by atoms with Gasteiger partial charge in [0.05, 0.1) is 94.4 Å². The number of Topliss-reactive ketones (excluding diaryl/α,β-unsaturated/α-hetero) is 1. The first-order chi connectivity index (χ1) is 47.1. The number of carboxylic acids is 1. The zero-order valence-corrected chi connectivity index (χ0v) is 53.8. The van der Waals surface area contributed by atoms with Crippen molar-refractivity contribution in [3.05, 3.63) is 173 Å². The van der Waals surface area contributed by atoms with Gasteiger partial charge in [-0.2, -0.15) is 0 Å². The van der Waals surface area contributed by atoms with E-state index in [4.69, 9.17) is 28.8 Å². The maximum Gasteiger partial charge on any atom is 0.311 e. The Morgan fingerprint density at radius 1 is 0.474 bits per heavy atom. The minimum atomic E-state index is -1.26. The molecule has 24 nitrogen and oxygen atoms in total. The number of aliphatic carboxylic acids is 1. The summed E-state index contributed by atoms with van der Waals surface area (Å²) < 4.78 is 27.2. The molecule has 512 valence electrons. The van der Waals surface area contributed by atoms with Gasteiger partial charge in [-0.05, 0) is 66.1 Å². The fraction of sp³-hybridized carbons (Fsp3) is 0.452. The number of rotatable bonds is 35. The lowest BCUT2D eigenvalue weighted by Crippen LogP contribution is -2.43. The van der Waals surface area contributed by atoms with Crippen LogP contribution in [0.25, 0.3) is 0 Å². The summed E-state index contributed by atoms with van der Waals surface area (Å²) >= 11 is 0. The van der Waals surface area contributed by atoms with Gasteiger partial charge in [-0.15, -0.1) is 0 Å². The summed E-state index contributed by atoms with van der Waals surface area (Å²) in [5.74, 6) is -11.0. The maximum atomic E-state index is 15.1. The number of hydrogen-bond donors (Lipinski definition) is 7. The lowest BCUT2D eigenvalue weighted by atomic mass is 9.94. The van der Waals surface area contributed by atoms with Crippen LogP contribution in [0.4, 0.5) is 0 Å². The Balaban J connectivity index is 0.770. The van der Waals surface area contributed by atoms with E-state index < -0.39 is 91.2 Å². The van der Waals surface area contributed by atoms with Gasteiger partial charge in [0.15, 0.2) is 12.4 Å². The van der Waals surface area contributed by atoms with Crippen LogP contribution < -0.4 is 31.3 Å². The van der Waals surface area contributed by atoms with Crippen LogP contribution >= 0.6 is 0 Å². The Hall–Kier alpha value is -9.36. The summed E-state index contributed by atoms with van der Waals surface area (Å²) in [6, 6.07) is 42.6. The largest absolute Gasteiger partial charge is 0.483 e. The molecule has 97 heavy (non-hydrogen) atoms. The summed E-state index contributed by atoms with van der Waals surface area (Å²) in [6.45, 7) is -2.05. The van der Waals surface area contributed by atoms with Crippen molar-refractivity contribution in [3.63, 3.8) is 0 Å². The number of carbonyl (C=O) groups is 10. The molecule has 2 aliphatic heterocycles. The molecule has 0 bridgehead atoms. The van der Waals surface area contributed by atoms with Crippen LogP contribution in [-0.2, 0) is 57.3 Å². The van der Waals surface area contributed by atoms with Crippen molar-refractivity contribution in [2.75, 3.05) is 92.2 Å². The van der Waals surface area contributed by atoms with Crippen molar-refractivity contribution in [3.8, 4) is 5.75 Å². The Bertz CT molecular complexity index is 3470. The van der Waals surface area contributed by atoms with Gasteiger partial charge in [0.2, 0.25) is 23.6 Å². The van der Waals surface area contributed by atoms with E-state index >= 15 is 4.79 Å². The summed E-state index contributed by atoms with van der Waals surface area (Å²) in [6.07, 6.45) is 2.22. The number of nitrogens with one attached hydrogen (secondary N) is 5. The second kappa shape index (κ2) is 32.6. The molecule has 11 rings (SSSR count). The van der Waals surface area contributed by atoms with Gasteiger partial charge in [-0.25, -0.2) is 0 Å². The smallest absolute Gasteiger partial charge is 0.311 e. The highest BCUT2D eigenvalue weighted by atomic mass is 16.6. The third-order valence-corrected chi connectivity index (χ3v) is 18.9. The Morgan fingerprint density at radius 2 is 0.856 bits per heavy atom. The molecule has 0 spiro atoms. The van der Waals surface area contributed by atoms with Crippen molar-refractivity contribution >= 4 is 59.1 Å². The van der Waals surface area contributed by atoms with Gasteiger partial charge < -0.3 is 70.3 Å². The number of aliphatic hydroxyl groups excluding tert-OH is 1. The number of aliphatic hydroxyl groups is 1. The Labute approximate surface area is 561 Å².